The van der Waals surface area contributed by atoms with E-state index in [1.54, 1.807) is 0 Å². The van der Waals surface area contributed by atoms with Gasteiger partial charge in [-0.15, -0.1) is 0 Å². The summed E-state index contributed by atoms with van der Waals surface area (Å²) in [5.41, 5.74) is 3.86. The molecule has 7 nitrogen and oxygen atoms in total. The van der Waals surface area contributed by atoms with Crippen molar-refractivity contribution in [3.63, 3.8) is 0 Å². The topological polar surface area (TPSA) is 84.5 Å². The maximum atomic E-state index is 13.2. The van der Waals surface area contributed by atoms with Gasteiger partial charge in [0.05, 0.1) is 34.1 Å². The van der Waals surface area contributed by atoms with E-state index in [2.05, 4.69) is 62.6 Å². The van der Waals surface area contributed by atoms with Crippen molar-refractivity contribution >= 4 is 39.0 Å². The molecule has 3 aromatic rings. The molecule has 0 saturated carbocycles. The van der Waals surface area contributed by atoms with Gasteiger partial charge in [0.1, 0.15) is 0 Å². The highest BCUT2D eigenvalue weighted by Gasteiger charge is 2.65. The first-order valence-electron chi connectivity index (χ1n) is 18.3. The highest BCUT2D eigenvalue weighted by Crippen LogP contribution is 2.61. The minimum atomic E-state index is -0.971. The van der Waals surface area contributed by atoms with Crippen molar-refractivity contribution < 1.29 is 9.90 Å². The van der Waals surface area contributed by atoms with Crippen molar-refractivity contribution in [2.75, 3.05) is 31.5 Å². The lowest BCUT2D eigenvalue weighted by Gasteiger charge is -2.58. The predicted octanol–water partition coefficient (Wildman–Crippen LogP) is 7.45. The molecule has 2 fully saturated rings. The maximum Gasteiger partial charge on any atom is 0.226 e. The second-order valence-electron chi connectivity index (χ2n) is 15.4. The number of aromatic amines is 1. The van der Waals surface area contributed by atoms with Gasteiger partial charge in [-0.25, -0.2) is 0 Å². The van der Waals surface area contributed by atoms with E-state index in [1.165, 1.54) is 31.3 Å². The van der Waals surface area contributed by atoms with E-state index < -0.39 is 5.60 Å². The number of pyridine rings is 1. The maximum absolute atomic E-state index is 13.2. The number of para-hydroxylation sites is 1. The van der Waals surface area contributed by atoms with Crippen LogP contribution in [0.4, 0.5) is 5.69 Å². The quantitative estimate of drug-likeness (QED) is 0.261. The Bertz CT molecular complexity index is 1750. The predicted molar refractivity (Wildman–Crippen MR) is 191 cm³/mol. The summed E-state index contributed by atoms with van der Waals surface area (Å²) in [6, 6.07) is 8.66. The minimum Gasteiger partial charge on any atom is -0.384 e. The number of H-pyrrole nitrogens is 1. The molecule has 6 atom stereocenters. The van der Waals surface area contributed by atoms with Gasteiger partial charge in [0.2, 0.25) is 5.91 Å². The fraction of sp³-hybridized carbons (Fsp3) is 0.550. The monoisotopic (exact) mass is 633 g/mol. The lowest BCUT2D eigenvalue weighted by Crippen LogP contribution is -2.65. The average molecular weight is 634 g/mol. The van der Waals surface area contributed by atoms with E-state index in [0.29, 0.717) is 18.4 Å². The van der Waals surface area contributed by atoms with E-state index in [1.807, 2.05) is 32.2 Å². The third-order valence-electron chi connectivity index (χ3n) is 12.1. The van der Waals surface area contributed by atoms with Crippen LogP contribution in [0.2, 0.25) is 0 Å². The van der Waals surface area contributed by atoms with Crippen LogP contribution in [-0.2, 0) is 4.79 Å². The van der Waals surface area contributed by atoms with Crippen LogP contribution in [-0.4, -0.2) is 74.6 Å². The fourth-order valence-electron chi connectivity index (χ4n) is 10.0. The summed E-state index contributed by atoms with van der Waals surface area (Å²) in [5, 5.41) is 18.6. The molecule has 1 aliphatic carbocycles. The number of hydrogen-bond donors (Lipinski definition) is 3. The molecule has 1 unspecified atom stereocenters. The normalized spacial score (nSPS) is 34.3. The summed E-state index contributed by atoms with van der Waals surface area (Å²) >= 11 is 0. The minimum absolute atomic E-state index is 0.00524. The number of carbonyl (C=O) groups is 1. The van der Waals surface area contributed by atoms with Gasteiger partial charge < -0.3 is 20.3 Å². The molecule has 1 amide bonds. The van der Waals surface area contributed by atoms with Gasteiger partial charge in [0, 0.05) is 40.9 Å². The number of hydrogen-bond acceptors (Lipinski definition) is 5. The van der Waals surface area contributed by atoms with Gasteiger partial charge in [-0.05, 0) is 114 Å². The van der Waals surface area contributed by atoms with Crippen LogP contribution < -0.4 is 5.32 Å². The summed E-state index contributed by atoms with van der Waals surface area (Å²) in [6.07, 6.45) is 24.6. The lowest BCUT2D eigenvalue weighted by molar-refractivity contribution is -0.118. The van der Waals surface area contributed by atoms with Crippen LogP contribution in [0.5, 0.6) is 0 Å². The summed E-state index contributed by atoms with van der Waals surface area (Å²) in [5.74, 6) is 0.197. The first-order valence-corrected chi connectivity index (χ1v) is 18.3. The Labute approximate surface area is 279 Å². The molecule has 3 bridgehead atoms. The van der Waals surface area contributed by atoms with E-state index in [-0.39, 0.29) is 23.3 Å². The SMILES string of the molecule is CC(C)C(=O)Nc1cccc2c1[nH]c1c(C3=C[C@@]4(O)CC/C=C\CCCCN5CC[C@@H]3[C@]3(C[C@@H]6/C=C\CCCCN6[C@H]34)C5)nccc12. The fourth-order valence-corrected chi connectivity index (χ4v) is 10.0. The van der Waals surface area contributed by atoms with Gasteiger partial charge in [0.25, 0.3) is 0 Å². The first-order chi connectivity index (χ1) is 22.9. The van der Waals surface area contributed by atoms with Crippen molar-refractivity contribution in [2.24, 2.45) is 17.3 Å². The Morgan fingerprint density at radius 3 is 2.68 bits per heavy atom. The highest BCUT2D eigenvalue weighted by molar-refractivity contribution is 6.14. The Balaban J connectivity index is 1.32. The van der Waals surface area contributed by atoms with E-state index >= 15 is 0 Å². The Morgan fingerprint density at radius 2 is 1.81 bits per heavy atom. The molecule has 5 aliphatic rings. The van der Waals surface area contributed by atoms with Gasteiger partial charge in [-0.3, -0.25) is 14.7 Å². The van der Waals surface area contributed by atoms with Gasteiger partial charge >= 0.3 is 0 Å². The van der Waals surface area contributed by atoms with E-state index in [0.717, 1.165) is 91.5 Å². The number of nitrogens with one attached hydrogen (secondary N) is 2. The number of fused-ring (bicyclic) bond motifs is 5. The van der Waals surface area contributed by atoms with Crippen LogP contribution in [0.25, 0.3) is 27.4 Å². The van der Waals surface area contributed by atoms with Gasteiger partial charge in [-0.2, -0.15) is 0 Å². The third-order valence-corrected chi connectivity index (χ3v) is 12.1. The Kier molecular flexibility index (Phi) is 8.14. The molecular formula is C40H51N5O2. The number of carbonyl (C=O) groups excluding carboxylic acids is 1. The smallest absolute Gasteiger partial charge is 0.226 e. The standard InChI is InChI=1S/C40H51N5O2/c1-27(2)37(46)42-33-16-13-15-29-30-17-20-41-35(36(30)43-34(29)33)31-25-40(47)19-10-6-3-4-7-11-21-44-23-18-32(31)39(26-44)24-28-14-9-5-8-12-22-45(28)38(39)40/h3,6,9,13-17,20,25,27-28,32,38,43,47H,4-5,7-8,10-12,18-19,21-24,26H2,1-2H3,(H,42,46)/b6-3-,14-9-/t28-,32-,38+,39-,40-/m0/s1. The summed E-state index contributed by atoms with van der Waals surface area (Å²) in [6.45, 7) is 8.14. The van der Waals surface area contributed by atoms with Crippen molar-refractivity contribution in [3.05, 3.63) is 66.5 Å². The lowest BCUT2D eigenvalue weighted by atomic mass is 9.54. The molecule has 2 aromatic heterocycles. The first kappa shape index (κ1) is 31.0. The number of anilines is 1. The molecule has 7 heteroatoms. The van der Waals surface area contributed by atoms with Crippen molar-refractivity contribution in [1.29, 1.82) is 0 Å². The van der Waals surface area contributed by atoms with Crippen molar-refractivity contribution in [3.8, 4) is 0 Å². The number of amides is 1. The van der Waals surface area contributed by atoms with Crippen molar-refractivity contribution in [1.82, 2.24) is 19.8 Å². The average Bonchev–Trinajstić information content (AvgIpc) is 3.58. The highest BCUT2D eigenvalue weighted by atomic mass is 16.3. The number of aromatic nitrogens is 2. The molecule has 4 aliphatic heterocycles. The second kappa shape index (κ2) is 12.3. The van der Waals surface area contributed by atoms with Gasteiger partial charge in [0.15, 0.2) is 0 Å². The number of rotatable bonds is 3. The molecule has 3 N–H and O–H groups in total. The van der Waals surface area contributed by atoms with Crippen LogP contribution in [0.1, 0.15) is 83.7 Å². The zero-order valence-corrected chi connectivity index (χ0v) is 28.2. The van der Waals surface area contributed by atoms with Crippen LogP contribution in [0.15, 0.2) is 60.8 Å². The van der Waals surface area contributed by atoms with E-state index in [9.17, 15) is 9.90 Å². The van der Waals surface area contributed by atoms with Crippen molar-refractivity contribution in [2.45, 2.75) is 95.7 Å². The number of allylic oxidation sites excluding steroid dienone is 4. The third kappa shape index (κ3) is 5.30. The molecule has 0 radical (unpaired) electrons. The molecule has 8 rings (SSSR count). The molecule has 248 valence electrons. The molecular weight excluding hydrogens is 582 g/mol. The van der Waals surface area contributed by atoms with Crippen LogP contribution in [0.3, 0.4) is 0 Å². The zero-order valence-electron chi connectivity index (χ0n) is 28.2. The molecule has 2 saturated heterocycles. The summed E-state index contributed by atoms with van der Waals surface area (Å²) in [7, 11) is 0. The second-order valence-corrected chi connectivity index (χ2v) is 15.4. The summed E-state index contributed by atoms with van der Waals surface area (Å²) < 4.78 is 0. The largest absolute Gasteiger partial charge is 0.384 e. The Hall–Kier alpha value is -3.26. The summed E-state index contributed by atoms with van der Waals surface area (Å²) in [4.78, 5) is 27.1. The molecule has 1 aromatic carbocycles. The molecule has 47 heavy (non-hydrogen) atoms. The number of benzene rings is 1. The number of nitrogens with zero attached hydrogens (tertiary/aromatic N) is 3. The van der Waals surface area contributed by atoms with Crippen LogP contribution >= 0.6 is 0 Å². The number of aliphatic hydroxyl groups is 1. The van der Waals surface area contributed by atoms with Gasteiger partial charge in [-0.1, -0.05) is 50.3 Å². The molecule has 6 heterocycles. The van der Waals surface area contributed by atoms with Crippen LogP contribution in [0, 0.1) is 17.3 Å². The Morgan fingerprint density at radius 1 is 1.00 bits per heavy atom. The molecule has 1 spiro atoms. The zero-order chi connectivity index (χ0) is 32.2. The van der Waals surface area contributed by atoms with E-state index in [4.69, 9.17) is 4.98 Å². The number of piperidine rings is 1.